The van der Waals surface area contributed by atoms with Crippen LogP contribution in [0, 0.1) is 0 Å². The van der Waals surface area contributed by atoms with Crippen molar-refractivity contribution in [1.82, 2.24) is 24.3 Å². The summed E-state index contributed by atoms with van der Waals surface area (Å²) >= 11 is 12.8. The van der Waals surface area contributed by atoms with Crippen molar-refractivity contribution in [2.45, 2.75) is 32.6 Å². The highest BCUT2D eigenvalue weighted by molar-refractivity contribution is 6.33. The minimum Gasteiger partial charge on any atom is -0.361 e. The summed E-state index contributed by atoms with van der Waals surface area (Å²) in [6.45, 7) is 6.24. The van der Waals surface area contributed by atoms with Crippen molar-refractivity contribution in [2.24, 2.45) is 0 Å². The number of unbranched alkanes of at least 4 members (excludes halogenated alkanes) is 1. The first kappa shape index (κ1) is 28.5. The Morgan fingerprint density at radius 2 is 1.64 bits per heavy atom. The molecular weight excluding hydrogens is 565 g/mol. The number of nitrogens with zero attached hydrogens (tertiary/aromatic N) is 4. The fourth-order valence-corrected chi connectivity index (χ4v) is 6.30. The highest BCUT2D eigenvalue weighted by Crippen LogP contribution is 2.33. The van der Waals surface area contributed by atoms with Crippen molar-refractivity contribution in [3.8, 4) is 17.1 Å². The Labute approximate surface area is 256 Å². The smallest absolute Gasteiger partial charge is 0.274 e. The standard InChI is InChI=1S/C34H35Cl2N5O/c1-2-31-32(38-33(28-11-3-5-12-29(28)36)41(31)26-16-14-25(35)15-17-26)34(42)40-21-19-39(20-22-40)18-8-7-9-24-23-37-30-13-6-4-10-27(24)30/h3-6,10-17,23,37H,2,7-9,18-22H2,1H3. The van der Waals surface area contributed by atoms with Gasteiger partial charge in [-0.1, -0.05) is 60.5 Å². The predicted molar refractivity (Wildman–Crippen MR) is 172 cm³/mol. The van der Waals surface area contributed by atoms with Crippen LogP contribution < -0.4 is 0 Å². The number of aromatic nitrogens is 3. The molecule has 0 bridgehead atoms. The predicted octanol–water partition coefficient (Wildman–Crippen LogP) is 7.67. The number of hydrogen-bond acceptors (Lipinski definition) is 3. The van der Waals surface area contributed by atoms with E-state index < -0.39 is 0 Å². The molecule has 0 atom stereocenters. The van der Waals surface area contributed by atoms with E-state index in [0.717, 1.165) is 55.8 Å². The van der Waals surface area contributed by atoms with E-state index in [1.807, 2.05) is 53.4 Å². The number of rotatable bonds is 9. The quantitative estimate of drug-likeness (QED) is 0.177. The maximum absolute atomic E-state index is 13.9. The lowest BCUT2D eigenvalue weighted by atomic mass is 10.1. The molecule has 2 aromatic heterocycles. The van der Waals surface area contributed by atoms with Crippen LogP contribution in [-0.2, 0) is 12.8 Å². The van der Waals surface area contributed by atoms with Crippen LogP contribution in [0.1, 0.15) is 41.5 Å². The SMILES string of the molecule is CCc1c(C(=O)N2CCN(CCCCc3c[nH]c4ccccc34)CC2)nc(-c2ccccc2Cl)n1-c1ccc(Cl)cc1. The van der Waals surface area contributed by atoms with Crippen molar-refractivity contribution in [1.29, 1.82) is 0 Å². The van der Waals surface area contributed by atoms with Gasteiger partial charge in [-0.25, -0.2) is 4.98 Å². The van der Waals surface area contributed by atoms with E-state index in [2.05, 4.69) is 51.8 Å². The van der Waals surface area contributed by atoms with E-state index in [1.165, 1.54) is 16.5 Å². The van der Waals surface area contributed by atoms with Gasteiger partial charge in [0.05, 0.1) is 10.7 Å². The maximum atomic E-state index is 13.9. The molecule has 0 spiro atoms. The molecule has 42 heavy (non-hydrogen) atoms. The summed E-state index contributed by atoms with van der Waals surface area (Å²) < 4.78 is 2.05. The van der Waals surface area contributed by atoms with Crippen LogP contribution in [0.3, 0.4) is 0 Å². The molecule has 0 saturated carbocycles. The Kier molecular flexibility index (Phi) is 8.66. The fraction of sp³-hybridized carbons (Fsp3) is 0.294. The molecule has 6 nitrogen and oxygen atoms in total. The summed E-state index contributed by atoms with van der Waals surface area (Å²) in [4.78, 5) is 26.7. The van der Waals surface area contributed by atoms with Gasteiger partial charge in [0.15, 0.2) is 5.69 Å². The minimum absolute atomic E-state index is 0.0214. The zero-order valence-corrected chi connectivity index (χ0v) is 25.3. The van der Waals surface area contributed by atoms with Gasteiger partial charge in [0, 0.05) is 59.6 Å². The molecule has 1 aliphatic rings. The monoisotopic (exact) mass is 599 g/mol. The molecule has 1 fully saturated rings. The largest absolute Gasteiger partial charge is 0.361 e. The second-order valence-electron chi connectivity index (χ2n) is 10.8. The maximum Gasteiger partial charge on any atom is 0.274 e. The van der Waals surface area contributed by atoms with E-state index >= 15 is 0 Å². The molecule has 5 aromatic rings. The van der Waals surface area contributed by atoms with Crippen LogP contribution in [-0.4, -0.2) is 63.0 Å². The Bertz CT molecular complexity index is 1680. The second kappa shape index (κ2) is 12.7. The number of aromatic amines is 1. The number of fused-ring (bicyclic) bond motifs is 1. The number of halogens is 2. The molecule has 1 aliphatic heterocycles. The van der Waals surface area contributed by atoms with E-state index in [-0.39, 0.29) is 5.91 Å². The number of piperazine rings is 1. The number of nitrogens with one attached hydrogen (secondary N) is 1. The van der Waals surface area contributed by atoms with Gasteiger partial charge in [0.25, 0.3) is 5.91 Å². The van der Waals surface area contributed by atoms with Crippen molar-refractivity contribution in [2.75, 3.05) is 32.7 Å². The van der Waals surface area contributed by atoms with Crippen LogP contribution >= 0.6 is 23.2 Å². The number of amides is 1. The molecule has 3 aromatic carbocycles. The summed E-state index contributed by atoms with van der Waals surface area (Å²) in [5.74, 6) is 0.642. The van der Waals surface area contributed by atoms with Crippen LogP contribution in [0.15, 0.2) is 79.0 Å². The van der Waals surface area contributed by atoms with Gasteiger partial charge in [-0.2, -0.15) is 0 Å². The van der Waals surface area contributed by atoms with Gasteiger partial charge in [-0.05, 0) is 80.3 Å². The molecular formula is C34H35Cl2N5O. The molecule has 3 heterocycles. The summed E-state index contributed by atoms with van der Waals surface area (Å²) in [6.07, 6.45) is 6.16. The lowest BCUT2D eigenvalue weighted by molar-refractivity contribution is 0.0629. The molecule has 216 valence electrons. The third kappa shape index (κ3) is 5.84. The van der Waals surface area contributed by atoms with Gasteiger partial charge < -0.3 is 9.88 Å². The number of carbonyl (C=O) groups excluding carboxylic acids is 1. The lowest BCUT2D eigenvalue weighted by Crippen LogP contribution is -2.49. The third-order valence-electron chi connectivity index (χ3n) is 8.21. The molecule has 0 aliphatic carbocycles. The number of imidazole rings is 1. The summed E-state index contributed by atoms with van der Waals surface area (Å²) in [5, 5.41) is 2.58. The van der Waals surface area contributed by atoms with Crippen molar-refractivity contribution < 1.29 is 4.79 Å². The molecule has 1 amide bonds. The fourth-order valence-electron chi connectivity index (χ4n) is 5.96. The summed E-state index contributed by atoms with van der Waals surface area (Å²) in [7, 11) is 0. The van der Waals surface area contributed by atoms with Crippen molar-refractivity contribution in [3.05, 3.63) is 106 Å². The van der Waals surface area contributed by atoms with E-state index in [0.29, 0.717) is 41.1 Å². The Hall–Kier alpha value is -3.58. The number of aryl methyl sites for hydroxylation is 1. The number of benzene rings is 3. The normalized spacial score (nSPS) is 14.1. The second-order valence-corrected chi connectivity index (χ2v) is 11.7. The first-order valence-corrected chi connectivity index (χ1v) is 15.5. The average molecular weight is 601 g/mol. The molecule has 8 heteroatoms. The van der Waals surface area contributed by atoms with Gasteiger partial charge in [-0.15, -0.1) is 0 Å². The van der Waals surface area contributed by atoms with Crippen molar-refractivity contribution in [3.63, 3.8) is 0 Å². The number of hydrogen-bond donors (Lipinski definition) is 1. The molecule has 6 rings (SSSR count). The number of carbonyl (C=O) groups is 1. The molecule has 0 unspecified atom stereocenters. The molecule has 1 saturated heterocycles. The van der Waals surface area contributed by atoms with Crippen LogP contribution in [0.2, 0.25) is 10.0 Å². The lowest BCUT2D eigenvalue weighted by Gasteiger charge is -2.34. The summed E-state index contributed by atoms with van der Waals surface area (Å²) in [6, 6.07) is 23.7. The van der Waals surface area contributed by atoms with Gasteiger partial charge >= 0.3 is 0 Å². The molecule has 1 N–H and O–H groups in total. The van der Waals surface area contributed by atoms with Gasteiger partial charge in [-0.3, -0.25) is 14.3 Å². The molecule has 0 radical (unpaired) electrons. The minimum atomic E-state index is -0.0214. The average Bonchev–Trinajstić information content (AvgIpc) is 3.61. The topological polar surface area (TPSA) is 57.2 Å². The highest BCUT2D eigenvalue weighted by Gasteiger charge is 2.29. The zero-order valence-electron chi connectivity index (χ0n) is 23.8. The van der Waals surface area contributed by atoms with Crippen molar-refractivity contribution >= 4 is 40.0 Å². The Morgan fingerprint density at radius 1 is 0.905 bits per heavy atom. The first-order valence-electron chi connectivity index (χ1n) is 14.7. The van der Waals surface area contributed by atoms with Crippen LogP contribution in [0.25, 0.3) is 28.0 Å². The number of H-pyrrole nitrogens is 1. The number of para-hydroxylation sites is 1. The van der Waals surface area contributed by atoms with Crippen LogP contribution in [0.4, 0.5) is 0 Å². The van der Waals surface area contributed by atoms with E-state index in [9.17, 15) is 4.79 Å². The third-order valence-corrected chi connectivity index (χ3v) is 8.80. The Balaban J connectivity index is 1.13. The van der Waals surface area contributed by atoms with E-state index in [1.54, 1.807) is 0 Å². The van der Waals surface area contributed by atoms with Gasteiger partial charge in [0.2, 0.25) is 0 Å². The van der Waals surface area contributed by atoms with E-state index in [4.69, 9.17) is 28.2 Å². The zero-order chi connectivity index (χ0) is 29.1. The van der Waals surface area contributed by atoms with Crippen LogP contribution in [0.5, 0.6) is 0 Å². The Morgan fingerprint density at radius 3 is 2.40 bits per heavy atom. The summed E-state index contributed by atoms with van der Waals surface area (Å²) in [5.41, 5.74) is 5.65. The highest BCUT2D eigenvalue weighted by atomic mass is 35.5. The van der Waals surface area contributed by atoms with Gasteiger partial charge in [0.1, 0.15) is 5.82 Å². The first-order chi connectivity index (χ1) is 20.5.